The smallest absolute Gasteiger partial charge is 0.246 e. The summed E-state index contributed by atoms with van der Waals surface area (Å²) in [7, 11) is 1.49. The van der Waals surface area contributed by atoms with Crippen molar-refractivity contribution in [2.75, 3.05) is 20.3 Å². The van der Waals surface area contributed by atoms with Crippen molar-refractivity contribution in [3.8, 4) is 0 Å². The van der Waals surface area contributed by atoms with E-state index >= 15 is 0 Å². The van der Waals surface area contributed by atoms with Gasteiger partial charge in [0.2, 0.25) is 5.91 Å². The van der Waals surface area contributed by atoms with Crippen LogP contribution in [0.5, 0.6) is 0 Å². The summed E-state index contributed by atoms with van der Waals surface area (Å²) in [5, 5.41) is 14.1. The highest BCUT2D eigenvalue weighted by molar-refractivity contribution is 5.77. The lowest BCUT2D eigenvalue weighted by molar-refractivity contribution is -0.132. The fraction of sp³-hybridized carbons (Fsp3) is 0.429. The average molecular weight is 369 g/mol. The zero-order valence-electron chi connectivity index (χ0n) is 15.8. The lowest BCUT2D eigenvalue weighted by Crippen LogP contribution is -2.62. The molecule has 1 aliphatic rings. The van der Waals surface area contributed by atoms with E-state index in [2.05, 4.69) is 15.2 Å². The van der Waals surface area contributed by atoms with Gasteiger partial charge >= 0.3 is 0 Å². The molecule has 0 bridgehead atoms. The van der Waals surface area contributed by atoms with Crippen LogP contribution >= 0.6 is 0 Å². The molecule has 1 aliphatic heterocycles. The van der Waals surface area contributed by atoms with Crippen LogP contribution in [0.1, 0.15) is 30.5 Å². The van der Waals surface area contributed by atoms with Gasteiger partial charge in [0.15, 0.2) is 0 Å². The van der Waals surface area contributed by atoms with E-state index in [4.69, 9.17) is 4.74 Å². The minimum absolute atomic E-state index is 0.0311. The zero-order chi connectivity index (χ0) is 19.3. The van der Waals surface area contributed by atoms with Gasteiger partial charge < -0.3 is 15.2 Å². The number of methoxy groups -OCH3 is 1. The highest BCUT2D eigenvalue weighted by Crippen LogP contribution is 2.37. The quantitative estimate of drug-likeness (QED) is 0.814. The molecule has 3 unspecified atom stereocenters. The van der Waals surface area contributed by atoms with Gasteiger partial charge in [0, 0.05) is 32.6 Å². The number of amides is 1. The van der Waals surface area contributed by atoms with Crippen molar-refractivity contribution in [3.63, 3.8) is 0 Å². The van der Waals surface area contributed by atoms with Gasteiger partial charge in [-0.05, 0) is 30.5 Å². The molecule has 0 radical (unpaired) electrons. The maximum absolute atomic E-state index is 12.3. The number of nitrogens with one attached hydrogen (secondary N) is 1. The van der Waals surface area contributed by atoms with Crippen molar-refractivity contribution in [2.45, 2.75) is 37.6 Å². The van der Waals surface area contributed by atoms with Crippen molar-refractivity contribution in [3.05, 3.63) is 66.0 Å². The Balaban J connectivity index is 1.94. The van der Waals surface area contributed by atoms with Crippen LogP contribution in [-0.4, -0.2) is 52.8 Å². The number of hydrogen-bond acceptors (Lipinski definition) is 5. The third kappa shape index (κ3) is 4.71. The number of carbonyl (C=O) groups is 1. The van der Waals surface area contributed by atoms with Gasteiger partial charge in [0.1, 0.15) is 6.61 Å². The molecule has 3 rings (SSSR count). The van der Waals surface area contributed by atoms with Gasteiger partial charge in [0.25, 0.3) is 0 Å². The van der Waals surface area contributed by atoms with Crippen LogP contribution in [0.15, 0.2) is 54.9 Å². The van der Waals surface area contributed by atoms with Crippen molar-refractivity contribution < 1.29 is 14.6 Å². The van der Waals surface area contributed by atoms with Gasteiger partial charge in [-0.3, -0.25) is 14.7 Å². The van der Waals surface area contributed by atoms with Gasteiger partial charge in [0.05, 0.1) is 17.7 Å². The van der Waals surface area contributed by atoms with E-state index in [1.165, 1.54) is 7.11 Å². The highest BCUT2D eigenvalue weighted by atomic mass is 16.5. The van der Waals surface area contributed by atoms with Gasteiger partial charge in [-0.2, -0.15) is 0 Å². The molecule has 6 nitrogen and oxygen atoms in total. The SMILES string of the molecule is COCC(=O)NC1C(c2ccccc2)N(Cc2cccnc2)CCC1(C)O. The Morgan fingerprint density at radius 1 is 1.33 bits per heavy atom. The second-order valence-electron chi connectivity index (χ2n) is 7.27. The number of carbonyl (C=O) groups excluding carboxylic acids is 1. The first-order valence-electron chi connectivity index (χ1n) is 9.20. The standard InChI is InChI=1S/C21H27N3O3/c1-21(26)10-12-24(14-16-7-6-11-22-13-16)19(17-8-4-3-5-9-17)20(21)23-18(25)15-27-2/h3-9,11,13,19-20,26H,10,12,14-15H2,1-2H3,(H,23,25). The number of rotatable bonds is 6. The number of benzene rings is 1. The lowest BCUT2D eigenvalue weighted by Gasteiger charge is -2.49. The monoisotopic (exact) mass is 369 g/mol. The molecular formula is C21H27N3O3. The summed E-state index contributed by atoms with van der Waals surface area (Å²) in [5.74, 6) is -0.230. The average Bonchev–Trinajstić information content (AvgIpc) is 2.66. The molecule has 1 fully saturated rings. The Morgan fingerprint density at radius 2 is 2.11 bits per heavy atom. The normalized spacial score (nSPS) is 25.9. The summed E-state index contributed by atoms with van der Waals surface area (Å²) in [5.41, 5.74) is 1.14. The minimum Gasteiger partial charge on any atom is -0.388 e. The number of pyridine rings is 1. The zero-order valence-corrected chi connectivity index (χ0v) is 15.8. The van der Waals surface area contributed by atoms with Crippen molar-refractivity contribution >= 4 is 5.91 Å². The molecule has 6 heteroatoms. The Bertz CT molecular complexity index is 737. The first kappa shape index (κ1) is 19.5. The van der Waals surface area contributed by atoms with Gasteiger partial charge in [-0.1, -0.05) is 36.4 Å². The number of nitrogens with zero attached hydrogens (tertiary/aromatic N) is 2. The number of piperidine rings is 1. The summed E-state index contributed by atoms with van der Waals surface area (Å²) in [4.78, 5) is 18.8. The fourth-order valence-electron chi connectivity index (χ4n) is 3.75. The predicted octanol–water partition coefficient (Wildman–Crippen LogP) is 1.91. The topological polar surface area (TPSA) is 74.7 Å². The largest absolute Gasteiger partial charge is 0.388 e. The molecule has 1 amide bonds. The number of likely N-dealkylation sites (tertiary alicyclic amines) is 1. The Labute approximate surface area is 160 Å². The van der Waals surface area contributed by atoms with E-state index < -0.39 is 11.6 Å². The van der Waals surface area contributed by atoms with E-state index in [-0.39, 0.29) is 18.6 Å². The molecule has 27 heavy (non-hydrogen) atoms. The molecule has 1 aromatic carbocycles. The number of aliphatic hydroxyl groups is 1. The first-order chi connectivity index (χ1) is 13.0. The van der Waals surface area contributed by atoms with Gasteiger partial charge in [-0.25, -0.2) is 0 Å². The Morgan fingerprint density at radius 3 is 2.78 bits per heavy atom. The van der Waals surface area contributed by atoms with Crippen LogP contribution in [0.25, 0.3) is 0 Å². The van der Waals surface area contributed by atoms with Crippen molar-refractivity contribution in [1.82, 2.24) is 15.2 Å². The number of ether oxygens (including phenoxy) is 1. The second-order valence-corrected chi connectivity index (χ2v) is 7.27. The van der Waals surface area contributed by atoms with Crippen molar-refractivity contribution in [1.29, 1.82) is 0 Å². The van der Waals surface area contributed by atoms with E-state index in [9.17, 15) is 9.90 Å². The maximum Gasteiger partial charge on any atom is 0.246 e. The molecule has 0 spiro atoms. The van der Waals surface area contributed by atoms with E-state index in [1.807, 2.05) is 48.7 Å². The van der Waals surface area contributed by atoms with E-state index in [1.54, 1.807) is 13.1 Å². The molecular weight excluding hydrogens is 342 g/mol. The summed E-state index contributed by atoms with van der Waals surface area (Å²) in [6.07, 6.45) is 4.18. The molecule has 2 N–H and O–H groups in total. The molecule has 0 aliphatic carbocycles. The van der Waals surface area contributed by atoms with Crippen LogP contribution in [0, 0.1) is 0 Å². The maximum atomic E-state index is 12.3. The van der Waals surface area contributed by atoms with E-state index in [0.29, 0.717) is 13.0 Å². The number of hydrogen-bond donors (Lipinski definition) is 2. The molecule has 1 aromatic heterocycles. The summed E-state index contributed by atoms with van der Waals surface area (Å²) in [6, 6.07) is 13.4. The summed E-state index contributed by atoms with van der Waals surface area (Å²) in [6.45, 7) is 3.18. The van der Waals surface area contributed by atoms with Crippen LogP contribution in [-0.2, 0) is 16.1 Å². The molecule has 1 saturated heterocycles. The van der Waals surface area contributed by atoms with Crippen molar-refractivity contribution in [2.24, 2.45) is 0 Å². The third-order valence-electron chi connectivity index (χ3n) is 5.13. The predicted molar refractivity (Wildman–Crippen MR) is 103 cm³/mol. The number of aromatic nitrogens is 1. The Hall–Kier alpha value is -2.28. The lowest BCUT2D eigenvalue weighted by atomic mass is 9.79. The second kappa shape index (κ2) is 8.61. The van der Waals surface area contributed by atoms with Crippen LogP contribution in [0.2, 0.25) is 0 Å². The molecule has 3 atom stereocenters. The van der Waals surface area contributed by atoms with Gasteiger partial charge in [-0.15, -0.1) is 0 Å². The molecule has 144 valence electrons. The third-order valence-corrected chi connectivity index (χ3v) is 5.13. The summed E-state index contributed by atoms with van der Waals surface area (Å²) < 4.78 is 4.96. The first-order valence-corrected chi connectivity index (χ1v) is 9.20. The van der Waals surface area contributed by atoms with E-state index in [0.717, 1.165) is 17.7 Å². The summed E-state index contributed by atoms with van der Waals surface area (Å²) >= 11 is 0. The molecule has 0 saturated carbocycles. The van der Waals surface area contributed by atoms with Crippen LogP contribution in [0.4, 0.5) is 0 Å². The molecule has 2 aromatic rings. The highest BCUT2D eigenvalue weighted by Gasteiger charge is 2.46. The Kier molecular flexibility index (Phi) is 6.21. The molecule has 2 heterocycles. The fourth-order valence-corrected chi connectivity index (χ4v) is 3.75. The minimum atomic E-state index is -1.02. The van der Waals surface area contributed by atoms with Crippen LogP contribution in [0.3, 0.4) is 0 Å². The van der Waals surface area contributed by atoms with Crippen LogP contribution < -0.4 is 5.32 Å².